The van der Waals surface area contributed by atoms with Gasteiger partial charge in [-0.3, -0.25) is 0 Å². The largest absolute Gasteiger partial charge is 0.481 e. The van der Waals surface area contributed by atoms with Crippen molar-refractivity contribution in [3.63, 3.8) is 0 Å². The summed E-state index contributed by atoms with van der Waals surface area (Å²) in [4.78, 5) is 8.54. The number of hydrogen-bond donors (Lipinski definition) is 1. The zero-order chi connectivity index (χ0) is 13.4. The maximum absolute atomic E-state index is 5.14. The van der Waals surface area contributed by atoms with Gasteiger partial charge >= 0.3 is 0 Å². The molecule has 0 aliphatic carbocycles. The van der Waals surface area contributed by atoms with E-state index in [0.717, 1.165) is 18.2 Å². The third kappa shape index (κ3) is 4.90. The standard InChI is InChI=1S/C14H25N3O/c1-5-7-8-12(6-2)10-15-13-9-14(18-4)17-11(3)16-13/h9,12H,5-8,10H2,1-4H3,(H,15,16,17). The molecule has 4 nitrogen and oxygen atoms in total. The van der Waals surface area contributed by atoms with Crippen LogP contribution in [0.5, 0.6) is 5.88 Å². The van der Waals surface area contributed by atoms with E-state index in [0.29, 0.717) is 11.8 Å². The van der Waals surface area contributed by atoms with Crippen LogP contribution >= 0.6 is 0 Å². The fraction of sp³-hybridized carbons (Fsp3) is 0.714. The molecule has 1 N–H and O–H groups in total. The molecular weight excluding hydrogens is 226 g/mol. The molecular formula is C14H25N3O. The van der Waals surface area contributed by atoms with Crippen molar-refractivity contribution in [1.29, 1.82) is 0 Å². The van der Waals surface area contributed by atoms with E-state index >= 15 is 0 Å². The molecule has 0 bridgehead atoms. The first-order valence-electron chi connectivity index (χ1n) is 6.83. The van der Waals surface area contributed by atoms with Gasteiger partial charge in [-0.05, 0) is 19.3 Å². The molecule has 0 aliphatic heterocycles. The van der Waals surface area contributed by atoms with E-state index in [1.54, 1.807) is 7.11 Å². The van der Waals surface area contributed by atoms with Gasteiger partial charge in [0.2, 0.25) is 5.88 Å². The fourth-order valence-electron chi connectivity index (χ4n) is 1.93. The van der Waals surface area contributed by atoms with E-state index in [9.17, 15) is 0 Å². The van der Waals surface area contributed by atoms with Crippen molar-refractivity contribution in [1.82, 2.24) is 9.97 Å². The van der Waals surface area contributed by atoms with Gasteiger partial charge in [0.1, 0.15) is 11.6 Å². The molecule has 0 saturated heterocycles. The van der Waals surface area contributed by atoms with Crippen molar-refractivity contribution in [3.05, 3.63) is 11.9 Å². The van der Waals surface area contributed by atoms with E-state index in [4.69, 9.17) is 4.74 Å². The zero-order valence-electron chi connectivity index (χ0n) is 12.0. The van der Waals surface area contributed by atoms with Crippen LogP contribution in [-0.2, 0) is 0 Å². The summed E-state index contributed by atoms with van der Waals surface area (Å²) in [5.74, 6) is 2.92. The molecule has 1 rings (SSSR count). The monoisotopic (exact) mass is 251 g/mol. The molecule has 1 aromatic heterocycles. The predicted octanol–water partition coefficient (Wildman–Crippen LogP) is 3.42. The van der Waals surface area contributed by atoms with Crippen LogP contribution in [0.3, 0.4) is 0 Å². The highest BCUT2D eigenvalue weighted by Crippen LogP contribution is 2.16. The molecule has 4 heteroatoms. The maximum Gasteiger partial charge on any atom is 0.218 e. The van der Waals surface area contributed by atoms with Crippen LogP contribution in [0.1, 0.15) is 45.4 Å². The van der Waals surface area contributed by atoms with Crippen LogP contribution < -0.4 is 10.1 Å². The molecule has 1 aromatic rings. The summed E-state index contributed by atoms with van der Waals surface area (Å²) in [5.41, 5.74) is 0. The zero-order valence-corrected chi connectivity index (χ0v) is 12.0. The van der Waals surface area contributed by atoms with Gasteiger partial charge in [0.05, 0.1) is 7.11 Å². The highest BCUT2D eigenvalue weighted by Gasteiger charge is 2.07. The van der Waals surface area contributed by atoms with E-state index in [2.05, 4.69) is 29.1 Å². The summed E-state index contributed by atoms with van der Waals surface area (Å²) in [6.45, 7) is 7.32. The second-order valence-electron chi connectivity index (χ2n) is 4.64. The lowest BCUT2D eigenvalue weighted by molar-refractivity contribution is 0.395. The number of unbranched alkanes of at least 4 members (excludes halogenated alkanes) is 1. The molecule has 0 aliphatic rings. The molecule has 0 fully saturated rings. The lowest BCUT2D eigenvalue weighted by Crippen LogP contribution is -2.15. The van der Waals surface area contributed by atoms with Crippen molar-refractivity contribution in [2.24, 2.45) is 5.92 Å². The number of aryl methyl sites for hydroxylation is 1. The van der Waals surface area contributed by atoms with E-state index in [1.807, 2.05) is 13.0 Å². The van der Waals surface area contributed by atoms with Crippen LogP contribution in [0.15, 0.2) is 6.07 Å². The molecule has 1 unspecified atom stereocenters. The minimum absolute atomic E-state index is 0.617. The first kappa shape index (κ1) is 14.7. The van der Waals surface area contributed by atoms with Crippen molar-refractivity contribution < 1.29 is 4.74 Å². The van der Waals surface area contributed by atoms with Gasteiger partial charge < -0.3 is 10.1 Å². The van der Waals surface area contributed by atoms with E-state index < -0.39 is 0 Å². The van der Waals surface area contributed by atoms with Crippen molar-refractivity contribution in [3.8, 4) is 5.88 Å². The fourth-order valence-corrected chi connectivity index (χ4v) is 1.93. The van der Waals surface area contributed by atoms with Gasteiger partial charge in [0, 0.05) is 12.6 Å². The van der Waals surface area contributed by atoms with Crippen LogP contribution in [0.4, 0.5) is 5.82 Å². The molecule has 0 spiro atoms. The topological polar surface area (TPSA) is 47.0 Å². The molecule has 1 atom stereocenters. The highest BCUT2D eigenvalue weighted by molar-refractivity contribution is 5.38. The van der Waals surface area contributed by atoms with Crippen LogP contribution in [0.25, 0.3) is 0 Å². The van der Waals surface area contributed by atoms with Crippen LogP contribution in [0.2, 0.25) is 0 Å². The number of nitrogens with one attached hydrogen (secondary N) is 1. The Morgan fingerprint density at radius 2 is 2.11 bits per heavy atom. The summed E-state index contributed by atoms with van der Waals surface area (Å²) in [6.07, 6.45) is 5.04. The van der Waals surface area contributed by atoms with Crippen LogP contribution in [-0.4, -0.2) is 23.6 Å². The summed E-state index contributed by atoms with van der Waals surface area (Å²) in [7, 11) is 1.63. The average molecular weight is 251 g/mol. The molecule has 0 aromatic carbocycles. The molecule has 102 valence electrons. The number of methoxy groups -OCH3 is 1. The number of ether oxygens (including phenoxy) is 1. The summed E-state index contributed by atoms with van der Waals surface area (Å²) >= 11 is 0. The second kappa shape index (κ2) is 7.90. The Hall–Kier alpha value is -1.32. The first-order valence-corrected chi connectivity index (χ1v) is 6.83. The summed E-state index contributed by atoms with van der Waals surface area (Å²) < 4.78 is 5.14. The lowest BCUT2D eigenvalue weighted by Gasteiger charge is -2.16. The smallest absolute Gasteiger partial charge is 0.218 e. The van der Waals surface area contributed by atoms with Gasteiger partial charge in [0.25, 0.3) is 0 Å². The summed E-state index contributed by atoms with van der Waals surface area (Å²) in [6, 6.07) is 1.85. The number of rotatable bonds is 8. The van der Waals surface area contributed by atoms with Gasteiger partial charge in [0.15, 0.2) is 0 Å². The first-order chi connectivity index (χ1) is 8.69. The van der Waals surface area contributed by atoms with Crippen molar-refractivity contribution in [2.45, 2.75) is 46.5 Å². The third-order valence-corrected chi connectivity index (χ3v) is 3.14. The Bertz CT molecular complexity index is 355. The number of anilines is 1. The predicted molar refractivity (Wildman–Crippen MR) is 75.1 cm³/mol. The molecule has 18 heavy (non-hydrogen) atoms. The second-order valence-corrected chi connectivity index (χ2v) is 4.64. The van der Waals surface area contributed by atoms with Crippen molar-refractivity contribution >= 4 is 5.82 Å². The van der Waals surface area contributed by atoms with Gasteiger partial charge in [-0.15, -0.1) is 0 Å². The highest BCUT2D eigenvalue weighted by atomic mass is 16.5. The SMILES string of the molecule is CCCCC(CC)CNc1cc(OC)nc(C)n1. The Labute approximate surface area is 110 Å². The van der Waals surface area contributed by atoms with Gasteiger partial charge in [-0.25, -0.2) is 4.98 Å². The minimum atomic E-state index is 0.617. The Morgan fingerprint density at radius 3 is 2.72 bits per heavy atom. The van der Waals surface area contributed by atoms with Gasteiger partial charge in [-0.1, -0.05) is 33.1 Å². The Kier molecular flexibility index (Phi) is 6.47. The van der Waals surface area contributed by atoms with Crippen molar-refractivity contribution in [2.75, 3.05) is 19.0 Å². The van der Waals surface area contributed by atoms with E-state index in [-0.39, 0.29) is 0 Å². The Morgan fingerprint density at radius 1 is 1.33 bits per heavy atom. The third-order valence-electron chi connectivity index (χ3n) is 3.14. The molecule has 0 saturated carbocycles. The molecule has 0 radical (unpaired) electrons. The molecule has 1 heterocycles. The molecule has 0 amide bonds. The van der Waals surface area contributed by atoms with Gasteiger partial charge in [-0.2, -0.15) is 4.98 Å². The summed E-state index contributed by atoms with van der Waals surface area (Å²) in [5, 5.41) is 3.39. The van der Waals surface area contributed by atoms with E-state index in [1.165, 1.54) is 25.7 Å². The normalized spacial score (nSPS) is 12.2. The number of hydrogen-bond acceptors (Lipinski definition) is 4. The maximum atomic E-state index is 5.14. The number of nitrogens with zero attached hydrogens (tertiary/aromatic N) is 2. The number of aromatic nitrogens is 2. The quantitative estimate of drug-likeness (QED) is 0.769. The lowest BCUT2D eigenvalue weighted by atomic mass is 9.99. The minimum Gasteiger partial charge on any atom is -0.481 e. The Balaban J connectivity index is 2.53. The van der Waals surface area contributed by atoms with Crippen LogP contribution in [0, 0.1) is 12.8 Å². The average Bonchev–Trinajstić information content (AvgIpc) is 2.38.